The minimum Gasteiger partial charge on any atom is -0.392 e. The monoisotopic (exact) mass is 197 g/mol. The standard InChI is InChI=1S/C11H19NO2/c1-8(14)12-10(2,3)6-9(7-13)11(12,4)5/h6,13H,7H2,1-5H3. The highest BCUT2D eigenvalue weighted by atomic mass is 16.3. The molecule has 0 atom stereocenters. The van der Waals surface area contributed by atoms with Crippen molar-refractivity contribution in [2.75, 3.05) is 6.61 Å². The maximum atomic E-state index is 11.5. The summed E-state index contributed by atoms with van der Waals surface area (Å²) in [5.41, 5.74) is 0.245. The van der Waals surface area contributed by atoms with Crippen molar-refractivity contribution >= 4 is 5.91 Å². The van der Waals surface area contributed by atoms with Crippen molar-refractivity contribution in [2.24, 2.45) is 0 Å². The first-order valence-electron chi connectivity index (χ1n) is 4.87. The van der Waals surface area contributed by atoms with Gasteiger partial charge in [0.1, 0.15) is 0 Å². The third-order valence-electron chi connectivity index (χ3n) is 2.93. The lowest BCUT2D eigenvalue weighted by Crippen LogP contribution is -2.52. The van der Waals surface area contributed by atoms with Crippen molar-refractivity contribution in [2.45, 2.75) is 45.7 Å². The first kappa shape index (κ1) is 11.2. The normalized spacial score (nSPS) is 23.6. The summed E-state index contributed by atoms with van der Waals surface area (Å²) in [6.07, 6.45) is 1.98. The molecular formula is C11H19NO2. The Kier molecular flexibility index (Phi) is 2.48. The lowest BCUT2D eigenvalue weighted by molar-refractivity contribution is -0.136. The summed E-state index contributed by atoms with van der Waals surface area (Å²) >= 11 is 0. The van der Waals surface area contributed by atoms with Crippen LogP contribution in [0.1, 0.15) is 34.6 Å². The van der Waals surface area contributed by atoms with Gasteiger partial charge in [-0.05, 0) is 33.3 Å². The first-order valence-corrected chi connectivity index (χ1v) is 4.87. The third-order valence-corrected chi connectivity index (χ3v) is 2.93. The molecule has 0 aliphatic carbocycles. The molecule has 0 bridgehead atoms. The van der Waals surface area contributed by atoms with Crippen molar-refractivity contribution in [3.8, 4) is 0 Å². The van der Waals surface area contributed by atoms with Crippen LogP contribution in [-0.2, 0) is 4.79 Å². The zero-order valence-corrected chi connectivity index (χ0v) is 9.59. The van der Waals surface area contributed by atoms with Crippen LogP contribution in [0, 0.1) is 0 Å². The van der Waals surface area contributed by atoms with Crippen LogP contribution in [0.3, 0.4) is 0 Å². The Bertz CT molecular complexity index is 290. The molecule has 1 aliphatic heterocycles. The van der Waals surface area contributed by atoms with Crippen LogP contribution in [-0.4, -0.2) is 33.6 Å². The second-order valence-electron chi connectivity index (χ2n) is 4.89. The number of hydrogen-bond acceptors (Lipinski definition) is 2. The average Bonchev–Trinajstić information content (AvgIpc) is 2.15. The second kappa shape index (κ2) is 3.09. The predicted octanol–water partition coefficient (Wildman–Crippen LogP) is 1.32. The van der Waals surface area contributed by atoms with Crippen LogP contribution in [0.4, 0.5) is 0 Å². The molecule has 0 aromatic carbocycles. The van der Waals surface area contributed by atoms with Crippen LogP contribution in [0.15, 0.2) is 11.6 Å². The smallest absolute Gasteiger partial charge is 0.220 e. The van der Waals surface area contributed by atoms with Crippen molar-refractivity contribution in [1.82, 2.24) is 4.90 Å². The summed E-state index contributed by atoms with van der Waals surface area (Å²) in [6.45, 7) is 9.48. The van der Waals surface area contributed by atoms with E-state index in [-0.39, 0.29) is 23.6 Å². The van der Waals surface area contributed by atoms with E-state index in [1.165, 1.54) is 0 Å². The summed E-state index contributed by atoms with van der Waals surface area (Å²) in [5, 5.41) is 9.23. The van der Waals surface area contributed by atoms with Gasteiger partial charge >= 0.3 is 0 Å². The molecule has 1 aliphatic rings. The fourth-order valence-electron chi connectivity index (χ4n) is 2.57. The number of carbonyl (C=O) groups is 1. The Labute approximate surface area is 85.4 Å². The number of carbonyl (C=O) groups excluding carboxylic acids is 1. The lowest BCUT2D eigenvalue weighted by Gasteiger charge is -2.41. The van der Waals surface area contributed by atoms with E-state index in [4.69, 9.17) is 0 Å². The molecule has 0 saturated heterocycles. The predicted molar refractivity (Wildman–Crippen MR) is 55.8 cm³/mol. The fourth-order valence-corrected chi connectivity index (χ4v) is 2.57. The van der Waals surface area contributed by atoms with E-state index in [1.807, 2.05) is 38.7 Å². The van der Waals surface area contributed by atoms with Gasteiger partial charge in [0.2, 0.25) is 5.91 Å². The van der Waals surface area contributed by atoms with Gasteiger partial charge in [-0.3, -0.25) is 4.79 Å². The van der Waals surface area contributed by atoms with Crippen LogP contribution in [0.5, 0.6) is 0 Å². The first-order chi connectivity index (χ1) is 6.23. The minimum absolute atomic E-state index is 0.0141. The Morgan fingerprint density at radius 2 is 1.93 bits per heavy atom. The van der Waals surface area contributed by atoms with Crippen molar-refractivity contribution in [3.05, 3.63) is 11.6 Å². The topological polar surface area (TPSA) is 40.5 Å². The summed E-state index contributed by atoms with van der Waals surface area (Å²) in [4.78, 5) is 13.4. The van der Waals surface area contributed by atoms with Gasteiger partial charge < -0.3 is 10.0 Å². The van der Waals surface area contributed by atoms with Crippen LogP contribution < -0.4 is 0 Å². The van der Waals surface area contributed by atoms with Gasteiger partial charge in [-0.2, -0.15) is 0 Å². The summed E-state index contributed by atoms with van der Waals surface area (Å²) in [6, 6.07) is 0. The van der Waals surface area contributed by atoms with E-state index in [0.717, 1.165) is 5.57 Å². The van der Waals surface area contributed by atoms with E-state index in [1.54, 1.807) is 6.92 Å². The second-order valence-corrected chi connectivity index (χ2v) is 4.89. The molecule has 3 nitrogen and oxygen atoms in total. The highest BCUT2D eigenvalue weighted by Crippen LogP contribution is 2.39. The Morgan fingerprint density at radius 3 is 2.14 bits per heavy atom. The van der Waals surface area contributed by atoms with E-state index in [0.29, 0.717) is 0 Å². The number of nitrogens with zero attached hydrogens (tertiary/aromatic N) is 1. The molecule has 0 unspecified atom stereocenters. The molecule has 0 saturated carbocycles. The largest absolute Gasteiger partial charge is 0.392 e. The van der Waals surface area contributed by atoms with Gasteiger partial charge in [0.05, 0.1) is 17.7 Å². The van der Waals surface area contributed by atoms with Gasteiger partial charge in [-0.25, -0.2) is 0 Å². The molecule has 80 valence electrons. The molecule has 0 fully saturated rings. The number of aliphatic hydroxyl groups excluding tert-OH is 1. The molecule has 3 heteroatoms. The van der Waals surface area contributed by atoms with Gasteiger partial charge in [0.25, 0.3) is 0 Å². The van der Waals surface area contributed by atoms with Gasteiger partial charge in [-0.1, -0.05) is 6.08 Å². The maximum absolute atomic E-state index is 11.5. The highest BCUT2D eigenvalue weighted by molar-refractivity contribution is 5.77. The molecule has 1 amide bonds. The number of rotatable bonds is 1. The average molecular weight is 197 g/mol. The molecule has 1 N–H and O–H groups in total. The molecule has 0 aromatic heterocycles. The molecular weight excluding hydrogens is 178 g/mol. The molecule has 0 spiro atoms. The van der Waals surface area contributed by atoms with Crippen LogP contribution in [0.2, 0.25) is 0 Å². The molecule has 1 rings (SSSR count). The van der Waals surface area contributed by atoms with Crippen molar-refractivity contribution in [3.63, 3.8) is 0 Å². The zero-order valence-electron chi connectivity index (χ0n) is 9.59. The highest BCUT2D eigenvalue weighted by Gasteiger charge is 2.46. The fraction of sp³-hybridized carbons (Fsp3) is 0.727. The molecule has 0 radical (unpaired) electrons. The lowest BCUT2D eigenvalue weighted by atomic mass is 9.96. The van der Waals surface area contributed by atoms with Gasteiger partial charge in [0, 0.05) is 6.92 Å². The summed E-state index contributed by atoms with van der Waals surface area (Å²) < 4.78 is 0. The minimum atomic E-state index is -0.371. The third kappa shape index (κ3) is 1.46. The zero-order chi connectivity index (χ0) is 11.1. The van der Waals surface area contributed by atoms with Gasteiger partial charge in [0.15, 0.2) is 0 Å². The molecule has 14 heavy (non-hydrogen) atoms. The van der Waals surface area contributed by atoms with Crippen LogP contribution in [0.25, 0.3) is 0 Å². The Balaban J connectivity index is 3.17. The van der Waals surface area contributed by atoms with Gasteiger partial charge in [-0.15, -0.1) is 0 Å². The van der Waals surface area contributed by atoms with Crippen LogP contribution >= 0.6 is 0 Å². The van der Waals surface area contributed by atoms with E-state index in [2.05, 4.69) is 0 Å². The van der Waals surface area contributed by atoms with E-state index in [9.17, 15) is 9.90 Å². The van der Waals surface area contributed by atoms with E-state index >= 15 is 0 Å². The van der Waals surface area contributed by atoms with Crippen molar-refractivity contribution in [1.29, 1.82) is 0 Å². The number of amides is 1. The quantitative estimate of drug-likeness (QED) is 0.644. The van der Waals surface area contributed by atoms with Crippen molar-refractivity contribution < 1.29 is 9.90 Å². The molecule has 0 aromatic rings. The SMILES string of the molecule is CC(=O)N1C(C)(C)C=C(CO)C1(C)C. The van der Waals surface area contributed by atoms with E-state index < -0.39 is 0 Å². The maximum Gasteiger partial charge on any atom is 0.220 e. The number of aliphatic hydroxyl groups is 1. The molecule has 1 heterocycles. The Hall–Kier alpha value is -0.830. The number of hydrogen-bond donors (Lipinski definition) is 1. The summed E-state index contributed by atoms with van der Waals surface area (Å²) in [7, 11) is 0. The Morgan fingerprint density at radius 1 is 1.43 bits per heavy atom. The summed E-state index contributed by atoms with van der Waals surface area (Å²) in [5.74, 6) is 0.0414.